The second-order valence-corrected chi connectivity index (χ2v) is 6.78. The summed E-state index contributed by atoms with van der Waals surface area (Å²) in [6.45, 7) is 2.31. The van der Waals surface area contributed by atoms with Crippen LogP contribution >= 0.6 is 0 Å². The highest BCUT2D eigenvalue weighted by Crippen LogP contribution is 2.22. The highest BCUT2D eigenvalue weighted by atomic mass is 16.5. The number of likely N-dealkylation sites (tertiary alicyclic amines) is 1. The first-order valence-corrected chi connectivity index (χ1v) is 9.34. The normalized spacial score (nSPS) is 17.0. The van der Waals surface area contributed by atoms with Crippen molar-refractivity contribution < 1.29 is 14.3 Å². The molecule has 138 valence electrons. The first kappa shape index (κ1) is 18.3. The maximum absolute atomic E-state index is 12.6. The Hall–Kier alpha value is -2.49. The molecule has 1 atom stereocenters. The number of hydrogen-bond donors (Lipinski definition) is 0. The van der Waals surface area contributed by atoms with E-state index in [-0.39, 0.29) is 5.91 Å². The lowest BCUT2D eigenvalue weighted by Gasteiger charge is -2.32. The van der Waals surface area contributed by atoms with Gasteiger partial charge >= 0.3 is 0 Å². The zero-order valence-electron chi connectivity index (χ0n) is 15.4. The van der Waals surface area contributed by atoms with Crippen LogP contribution in [0.5, 0.6) is 11.5 Å². The summed E-state index contributed by atoms with van der Waals surface area (Å²) in [5.41, 5.74) is 1.09. The molecule has 0 bridgehead atoms. The fraction of sp³-hybridized carbons (Fsp3) is 0.409. The Morgan fingerprint density at radius 3 is 2.69 bits per heavy atom. The van der Waals surface area contributed by atoms with Gasteiger partial charge in [-0.15, -0.1) is 0 Å². The average molecular weight is 353 g/mol. The molecule has 26 heavy (non-hydrogen) atoms. The van der Waals surface area contributed by atoms with Crippen molar-refractivity contribution in [2.45, 2.75) is 25.7 Å². The van der Waals surface area contributed by atoms with Gasteiger partial charge in [0.25, 0.3) is 0 Å². The summed E-state index contributed by atoms with van der Waals surface area (Å²) in [4.78, 5) is 14.6. The van der Waals surface area contributed by atoms with Gasteiger partial charge in [0.2, 0.25) is 5.91 Å². The van der Waals surface area contributed by atoms with E-state index < -0.39 is 0 Å². The van der Waals surface area contributed by atoms with Crippen LogP contribution < -0.4 is 9.47 Å². The number of piperidine rings is 1. The standard InChI is InChI=1S/C22H27NO3/c1-25-21-12-6-5-9-19(21)13-14-22(24)23-15-7-8-18(16-23)17-26-20-10-3-2-4-11-20/h2-6,9-12,18H,7-8,13-17H2,1H3. The fourth-order valence-corrected chi connectivity index (χ4v) is 3.47. The lowest BCUT2D eigenvalue weighted by Crippen LogP contribution is -2.41. The lowest BCUT2D eigenvalue weighted by molar-refractivity contribution is -0.133. The zero-order valence-corrected chi connectivity index (χ0v) is 15.4. The van der Waals surface area contributed by atoms with Gasteiger partial charge in [0.15, 0.2) is 0 Å². The fourth-order valence-electron chi connectivity index (χ4n) is 3.47. The van der Waals surface area contributed by atoms with Crippen molar-refractivity contribution in [3.05, 3.63) is 60.2 Å². The number of methoxy groups -OCH3 is 1. The number of para-hydroxylation sites is 2. The number of aryl methyl sites for hydroxylation is 1. The predicted octanol–water partition coefficient (Wildman–Crippen LogP) is 3.95. The number of carbonyl (C=O) groups is 1. The number of benzene rings is 2. The van der Waals surface area contributed by atoms with Gasteiger partial charge in [0.05, 0.1) is 13.7 Å². The second-order valence-electron chi connectivity index (χ2n) is 6.78. The molecule has 4 heteroatoms. The number of hydrogen-bond acceptors (Lipinski definition) is 3. The minimum atomic E-state index is 0.223. The van der Waals surface area contributed by atoms with Crippen LogP contribution in [0, 0.1) is 5.92 Å². The van der Waals surface area contributed by atoms with Crippen LogP contribution in [0.15, 0.2) is 54.6 Å². The van der Waals surface area contributed by atoms with Crippen molar-refractivity contribution in [1.29, 1.82) is 0 Å². The van der Waals surface area contributed by atoms with Crippen LogP contribution in [0.25, 0.3) is 0 Å². The number of nitrogens with zero attached hydrogens (tertiary/aromatic N) is 1. The van der Waals surface area contributed by atoms with Gasteiger partial charge in [-0.25, -0.2) is 0 Å². The Morgan fingerprint density at radius 2 is 1.88 bits per heavy atom. The lowest BCUT2D eigenvalue weighted by atomic mass is 9.98. The van der Waals surface area contributed by atoms with Gasteiger partial charge in [-0.3, -0.25) is 4.79 Å². The molecule has 1 aliphatic rings. The molecule has 0 radical (unpaired) electrons. The van der Waals surface area contributed by atoms with Crippen molar-refractivity contribution in [3.63, 3.8) is 0 Å². The number of rotatable bonds is 7. The maximum atomic E-state index is 12.6. The quantitative estimate of drug-likeness (QED) is 0.757. The van der Waals surface area contributed by atoms with Crippen molar-refractivity contribution in [2.24, 2.45) is 5.92 Å². The topological polar surface area (TPSA) is 38.8 Å². The van der Waals surface area contributed by atoms with E-state index in [9.17, 15) is 4.79 Å². The van der Waals surface area contributed by atoms with Crippen LogP contribution in [0.4, 0.5) is 0 Å². The summed E-state index contributed by atoms with van der Waals surface area (Å²) < 4.78 is 11.3. The average Bonchev–Trinajstić information content (AvgIpc) is 2.71. The Labute approximate surface area is 155 Å². The largest absolute Gasteiger partial charge is 0.496 e. The number of ether oxygens (including phenoxy) is 2. The van der Waals surface area contributed by atoms with E-state index in [1.165, 1.54) is 0 Å². The van der Waals surface area contributed by atoms with Gasteiger partial charge < -0.3 is 14.4 Å². The highest BCUT2D eigenvalue weighted by Gasteiger charge is 2.24. The van der Waals surface area contributed by atoms with E-state index in [1.54, 1.807) is 7.11 Å². The molecule has 4 nitrogen and oxygen atoms in total. The monoisotopic (exact) mass is 353 g/mol. The highest BCUT2D eigenvalue weighted by molar-refractivity contribution is 5.76. The van der Waals surface area contributed by atoms with Crippen molar-refractivity contribution in [1.82, 2.24) is 4.90 Å². The minimum Gasteiger partial charge on any atom is -0.496 e. The van der Waals surface area contributed by atoms with Gasteiger partial charge in [0.1, 0.15) is 11.5 Å². The molecule has 0 spiro atoms. The van der Waals surface area contributed by atoms with E-state index in [2.05, 4.69) is 0 Å². The molecule has 0 N–H and O–H groups in total. The third kappa shape index (κ3) is 5.01. The van der Waals surface area contributed by atoms with E-state index in [0.717, 1.165) is 43.0 Å². The van der Waals surface area contributed by atoms with Crippen molar-refractivity contribution in [3.8, 4) is 11.5 Å². The summed E-state index contributed by atoms with van der Waals surface area (Å²) in [5.74, 6) is 2.37. The first-order valence-electron chi connectivity index (χ1n) is 9.34. The van der Waals surface area contributed by atoms with Gasteiger partial charge in [-0.2, -0.15) is 0 Å². The molecular weight excluding hydrogens is 326 g/mol. The Kier molecular flexibility index (Phi) is 6.53. The van der Waals surface area contributed by atoms with Crippen LogP contribution in [0.2, 0.25) is 0 Å². The molecule has 2 aromatic rings. The molecule has 1 amide bonds. The maximum Gasteiger partial charge on any atom is 0.222 e. The van der Waals surface area contributed by atoms with Crippen LogP contribution in [0.1, 0.15) is 24.8 Å². The van der Waals surface area contributed by atoms with Crippen LogP contribution in [0.3, 0.4) is 0 Å². The molecule has 1 saturated heterocycles. The summed E-state index contributed by atoms with van der Waals surface area (Å²) in [6.07, 6.45) is 3.39. The Morgan fingerprint density at radius 1 is 1.12 bits per heavy atom. The minimum absolute atomic E-state index is 0.223. The van der Waals surface area contributed by atoms with E-state index >= 15 is 0 Å². The van der Waals surface area contributed by atoms with Crippen LogP contribution in [-0.4, -0.2) is 37.6 Å². The SMILES string of the molecule is COc1ccccc1CCC(=O)N1CCCC(COc2ccccc2)C1. The summed E-state index contributed by atoms with van der Waals surface area (Å²) in [7, 11) is 1.67. The third-order valence-corrected chi connectivity index (χ3v) is 4.90. The Balaban J connectivity index is 1.48. The third-order valence-electron chi connectivity index (χ3n) is 4.90. The molecular formula is C22H27NO3. The summed E-state index contributed by atoms with van der Waals surface area (Å²) in [6, 6.07) is 17.8. The zero-order chi connectivity index (χ0) is 18.2. The molecule has 3 rings (SSSR count). The molecule has 1 heterocycles. The number of carbonyl (C=O) groups excluding carboxylic acids is 1. The first-order chi connectivity index (χ1) is 12.8. The van der Waals surface area contributed by atoms with E-state index in [0.29, 0.717) is 25.4 Å². The molecule has 0 aliphatic carbocycles. The predicted molar refractivity (Wildman–Crippen MR) is 103 cm³/mol. The smallest absolute Gasteiger partial charge is 0.222 e. The second kappa shape index (κ2) is 9.27. The molecule has 0 saturated carbocycles. The molecule has 2 aromatic carbocycles. The van der Waals surface area contributed by atoms with Gasteiger partial charge in [-0.05, 0) is 43.0 Å². The summed E-state index contributed by atoms with van der Waals surface area (Å²) >= 11 is 0. The van der Waals surface area contributed by atoms with Gasteiger partial charge in [-0.1, -0.05) is 36.4 Å². The number of amides is 1. The van der Waals surface area contributed by atoms with Crippen molar-refractivity contribution in [2.75, 3.05) is 26.8 Å². The molecule has 1 fully saturated rings. The molecule has 1 unspecified atom stereocenters. The summed E-state index contributed by atoms with van der Waals surface area (Å²) in [5, 5.41) is 0. The van der Waals surface area contributed by atoms with Gasteiger partial charge in [0, 0.05) is 25.4 Å². The van der Waals surface area contributed by atoms with E-state index in [1.807, 2.05) is 59.5 Å². The van der Waals surface area contributed by atoms with Crippen molar-refractivity contribution >= 4 is 5.91 Å². The van der Waals surface area contributed by atoms with E-state index in [4.69, 9.17) is 9.47 Å². The molecule has 0 aromatic heterocycles. The van der Waals surface area contributed by atoms with Crippen LogP contribution in [-0.2, 0) is 11.2 Å². The Bertz CT molecular complexity index is 702. The molecule has 1 aliphatic heterocycles.